The van der Waals surface area contributed by atoms with Crippen molar-refractivity contribution in [3.8, 4) is 16.1 Å². The lowest BCUT2D eigenvalue weighted by molar-refractivity contribution is -0.144. The molecule has 404 valence electrons. The minimum absolute atomic E-state index is 0.0184. The number of aromatic nitrogens is 6. The average molecular weight is 1090 g/mol. The summed E-state index contributed by atoms with van der Waals surface area (Å²) < 4.78 is 9.33. The van der Waals surface area contributed by atoms with E-state index in [0.29, 0.717) is 34.5 Å². The van der Waals surface area contributed by atoms with Gasteiger partial charge in [0, 0.05) is 60.0 Å². The van der Waals surface area contributed by atoms with Gasteiger partial charge in [-0.3, -0.25) is 33.5 Å². The molecule has 1 fully saturated rings. The van der Waals surface area contributed by atoms with E-state index in [1.165, 1.54) is 9.58 Å². The molecular formula is C56H65ClN12O7S. The van der Waals surface area contributed by atoms with Crippen LogP contribution in [0.25, 0.3) is 16.1 Å². The molecule has 0 saturated carbocycles. The monoisotopic (exact) mass is 1080 g/mol. The molecule has 0 aliphatic carbocycles. The normalized spacial score (nSPS) is 22.0. The number of aliphatic imine (C=N–C) groups is 1. The number of carbonyl (C=O) groups is 5. The molecule has 6 atom stereocenters. The molecule has 1 saturated heterocycles. The first kappa shape index (κ1) is 54.7. The average Bonchev–Trinajstić information content (AvgIpc) is 4.24. The fourth-order valence-corrected chi connectivity index (χ4v) is 11.6. The van der Waals surface area contributed by atoms with Gasteiger partial charge < -0.3 is 36.0 Å². The van der Waals surface area contributed by atoms with Gasteiger partial charge in [0.1, 0.15) is 40.7 Å². The van der Waals surface area contributed by atoms with Gasteiger partial charge in [0.25, 0.3) is 0 Å². The van der Waals surface area contributed by atoms with Crippen molar-refractivity contribution < 1.29 is 33.8 Å². The van der Waals surface area contributed by atoms with Gasteiger partial charge in [0.05, 0.1) is 43.6 Å². The molecule has 3 aliphatic heterocycles. The third kappa shape index (κ3) is 12.5. The van der Waals surface area contributed by atoms with Crippen LogP contribution in [0.15, 0.2) is 90.1 Å². The third-order valence-corrected chi connectivity index (χ3v) is 15.8. The number of amides is 5. The van der Waals surface area contributed by atoms with Gasteiger partial charge in [-0.1, -0.05) is 104 Å². The van der Waals surface area contributed by atoms with Crippen LogP contribution in [0.3, 0.4) is 0 Å². The Hall–Kier alpha value is -7.13. The number of rotatable bonds is 8. The van der Waals surface area contributed by atoms with Crippen LogP contribution < -0.4 is 21.3 Å². The van der Waals surface area contributed by atoms with E-state index in [1.54, 1.807) is 17.5 Å². The highest BCUT2D eigenvalue weighted by Crippen LogP contribution is 2.40. The molecule has 5 amide bonds. The molecule has 3 aliphatic rings. The minimum Gasteiger partial charge on any atom is -0.391 e. The van der Waals surface area contributed by atoms with Crippen molar-refractivity contribution in [3.63, 3.8) is 0 Å². The van der Waals surface area contributed by atoms with Crippen LogP contribution >= 0.6 is 22.9 Å². The summed E-state index contributed by atoms with van der Waals surface area (Å²) in [5, 5.41) is 41.9. The van der Waals surface area contributed by atoms with Crippen LogP contribution in [0.2, 0.25) is 5.02 Å². The van der Waals surface area contributed by atoms with E-state index in [2.05, 4.69) is 55.6 Å². The summed E-state index contributed by atoms with van der Waals surface area (Å²) in [6.45, 7) is 12.0. The number of thiophene rings is 1. The zero-order chi connectivity index (χ0) is 54.5. The quantitative estimate of drug-likeness (QED) is 0.124. The SMILES string of the molecule is Cc1sc2c(c1C)C(c1ccc(Cl)cc1)=N[C@@H](CC(=O)NC[C@H]1CCCNC(=O)[C@@H](Cc3ccc(-c4ccccc4)cc3)NC(=O)[C@@H]3C[C@@H](O)CN3C(=O)[C@H](C(C)(C)C)n3cc(nn3)COCCNC1=O)c1nnc(C)n1-2. The number of aliphatic hydroxyl groups excluding tert-OH is 1. The smallest absolute Gasteiger partial charge is 0.248 e. The van der Waals surface area contributed by atoms with E-state index >= 15 is 0 Å². The van der Waals surface area contributed by atoms with Gasteiger partial charge >= 0.3 is 0 Å². The van der Waals surface area contributed by atoms with Crippen molar-refractivity contribution in [1.82, 2.24) is 55.9 Å². The summed E-state index contributed by atoms with van der Waals surface area (Å²) in [5.41, 5.74) is 6.07. The molecule has 0 radical (unpaired) electrons. The van der Waals surface area contributed by atoms with Gasteiger partial charge in [-0.05, 0) is 73.4 Å². The van der Waals surface area contributed by atoms with Crippen molar-refractivity contribution in [2.24, 2.45) is 16.3 Å². The van der Waals surface area contributed by atoms with Crippen molar-refractivity contribution in [2.45, 2.75) is 111 Å². The fourth-order valence-electron chi connectivity index (χ4n) is 10.2. The highest BCUT2D eigenvalue weighted by molar-refractivity contribution is 7.15. The summed E-state index contributed by atoms with van der Waals surface area (Å²) in [5.74, 6) is -1.70. The molecule has 6 heterocycles. The standard InChI is InChI=1S/C56H65ClN12O7S/c1-32-33(2)77-55-47(32)48(38-18-20-40(57)21-19-38)61-43(50-65-63-34(3)69(50)55)27-46(71)60-28-39-13-10-22-58-52(73)44(25-35-14-16-37(17-15-35)36-11-8-7-9-12-36)62-53(74)45-26-42(70)30-67(45)54(75)49(56(4,5)6)68-29-41(64-66-68)31-76-24-23-59-51(39)72/h7-9,11-12,14-21,29,39,42-45,49,70H,10,13,22-28,30-31H2,1-6H3,(H,58,73)(H,59,72)(H,60,71)(H,62,74)/t39-,42-,43+,44-,45+,49-/m1/s1. The Morgan fingerprint density at radius 1 is 0.883 bits per heavy atom. The molecule has 21 heteroatoms. The third-order valence-electron chi connectivity index (χ3n) is 14.4. The topological polar surface area (TPSA) is 240 Å². The number of aliphatic hydroxyl groups is 1. The summed E-state index contributed by atoms with van der Waals surface area (Å²) in [7, 11) is 0. The molecule has 9 rings (SSSR count). The molecule has 0 spiro atoms. The molecule has 5 N–H and O–H groups in total. The van der Waals surface area contributed by atoms with E-state index in [0.717, 1.165) is 43.3 Å². The number of fused-ring (bicyclic) bond motifs is 6. The van der Waals surface area contributed by atoms with E-state index < -0.39 is 59.3 Å². The molecule has 3 aromatic heterocycles. The van der Waals surface area contributed by atoms with Gasteiger partial charge in [-0.2, -0.15) is 0 Å². The number of carbonyl (C=O) groups excluding carboxylic acids is 5. The second-order valence-corrected chi connectivity index (χ2v) is 22.7. The Morgan fingerprint density at radius 3 is 2.34 bits per heavy atom. The maximum absolute atomic E-state index is 14.6. The highest BCUT2D eigenvalue weighted by atomic mass is 35.5. The molecular weight excluding hydrogens is 1020 g/mol. The highest BCUT2D eigenvalue weighted by Gasteiger charge is 2.46. The minimum atomic E-state index is -1.08. The van der Waals surface area contributed by atoms with Crippen molar-refractivity contribution in [2.75, 3.05) is 32.8 Å². The number of halogens is 1. The number of nitrogens with zero attached hydrogens (tertiary/aromatic N) is 8. The molecule has 77 heavy (non-hydrogen) atoms. The first-order valence-electron chi connectivity index (χ1n) is 26.0. The van der Waals surface area contributed by atoms with Crippen LogP contribution in [0, 0.1) is 32.1 Å². The summed E-state index contributed by atoms with van der Waals surface area (Å²) in [4.78, 5) is 79.2. The van der Waals surface area contributed by atoms with E-state index in [-0.39, 0.29) is 76.9 Å². The molecule has 3 aromatic carbocycles. The zero-order valence-electron chi connectivity index (χ0n) is 44.1. The Kier molecular flexibility index (Phi) is 16.8. The fraction of sp³-hybridized carbons (Fsp3) is 0.429. The second kappa shape index (κ2) is 23.6. The predicted molar refractivity (Wildman–Crippen MR) is 291 cm³/mol. The first-order chi connectivity index (χ1) is 36.9. The lowest BCUT2D eigenvalue weighted by atomic mass is 9.85. The van der Waals surface area contributed by atoms with Crippen molar-refractivity contribution in [3.05, 3.63) is 135 Å². The summed E-state index contributed by atoms with van der Waals surface area (Å²) >= 11 is 7.93. The van der Waals surface area contributed by atoms with Crippen LogP contribution in [0.4, 0.5) is 0 Å². The Morgan fingerprint density at radius 2 is 1.60 bits per heavy atom. The first-order valence-corrected chi connectivity index (χ1v) is 27.2. The lowest BCUT2D eigenvalue weighted by Gasteiger charge is -2.35. The molecule has 2 bridgehead atoms. The van der Waals surface area contributed by atoms with Gasteiger partial charge in [0.2, 0.25) is 29.5 Å². The predicted octanol–water partition coefficient (Wildman–Crippen LogP) is 5.70. The van der Waals surface area contributed by atoms with Crippen molar-refractivity contribution in [1.29, 1.82) is 0 Å². The maximum Gasteiger partial charge on any atom is 0.248 e. The molecule has 6 aromatic rings. The Labute approximate surface area is 456 Å². The Balaban J connectivity index is 0.948. The van der Waals surface area contributed by atoms with Crippen LogP contribution in [-0.2, 0) is 41.7 Å². The van der Waals surface area contributed by atoms with Crippen molar-refractivity contribution >= 4 is 58.2 Å². The summed E-state index contributed by atoms with van der Waals surface area (Å²) in [6.07, 6.45) is 1.25. The number of aryl methyl sites for hydroxylation is 2. The number of benzene rings is 3. The van der Waals surface area contributed by atoms with Gasteiger partial charge in [0.15, 0.2) is 5.82 Å². The molecule has 0 unspecified atom stereocenters. The van der Waals surface area contributed by atoms with E-state index in [4.69, 9.17) is 21.3 Å². The largest absolute Gasteiger partial charge is 0.391 e. The Bertz CT molecular complexity index is 3150. The lowest BCUT2D eigenvalue weighted by Crippen LogP contribution is -2.55. The van der Waals surface area contributed by atoms with Crippen LogP contribution in [-0.4, -0.2) is 126 Å². The number of ether oxygens (including phenoxy) is 1. The number of nitrogens with one attached hydrogen (secondary N) is 4. The van der Waals surface area contributed by atoms with Crippen LogP contribution in [0.1, 0.15) is 103 Å². The zero-order valence-corrected chi connectivity index (χ0v) is 45.7. The second-order valence-electron chi connectivity index (χ2n) is 21.1. The summed E-state index contributed by atoms with van der Waals surface area (Å²) in [6, 6.07) is 21.3. The van der Waals surface area contributed by atoms with Gasteiger partial charge in [-0.15, -0.1) is 26.6 Å². The van der Waals surface area contributed by atoms with Gasteiger partial charge in [-0.25, -0.2) is 4.68 Å². The maximum atomic E-state index is 14.6. The van der Waals surface area contributed by atoms with E-state index in [9.17, 15) is 29.1 Å². The number of hydrogen-bond acceptors (Lipinski definition) is 13. The van der Waals surface area contributed by atoms with Crippen LogP contribution in [0.5, 0.6) is 0 Å². The van der Waals surface area contributed by atoms with E-state index in [1.807, 2.05) is 111 Å². The molecule has 19 nitrogen and oxygen atoms in total. The number of hydrogen-bond donors (Lipinski definition) is 5.